The number of pyridine rings is 4. The minimum absolute atomic E-state index is 0.282. The Morgan fingerprint density at radius 3 is 1.80 bits per heavy atom. The lowest BCUT2D eigenvalue weighted by Crippen LogP contribution is -2.30. The molecule has 0 spiro atoms. The number of hydrogen-bond donors (Lipinski definition) is 2. The van der Waals surface area contributed by atoms with Gasteiger partial charge in [-0.15, -0.1) is 4.99 Å². The van der Waals surface area contributed by atoms with Gasteiger partial charge < -0.3 is 30.2 Å². The van der Waals surface area contributed by atoms with Gasteiger partial charge in [-0.3, -0.25) is 10.1 Å². The molecule has 0 aromatic carbocycles. The maximum Gasteiger partial charge on any atom is 0.274 e. The average Bonchev–Trinajstić information content (AvgIpc) is 3.93. The molecule has 0 aliphatic carbocycles. The Bertz CT molecular complexity index is 2380. The van der Waals surface area contributed by atoms with Gasteiger partial charge in [0.25, 0.3) is 12.2 Å². The lowest BCUT2D eigenvalue weighted by molar-refractivity contribution is -0.485. The number of thioether (sulfide) groups is 1. The van der Waals surface area contributed by atoms with Gasteiger partial charge in [0, 0.05) is 97.0 Å². The van der Waals surface area contributed by atoms with Gasteiger partial charge in [-0.25, -0.2) is 30.1 Å². The van der Waals surface area contributed by atoms with E-state index < -0.39 is 9.96 Å². The summed E-state index contributed by atoms with van der Waals surface area (Å²) >= 11 is 24.4. The number of aliphatic imine (C=N–C) groups is 2. The summed E-state index contributed by atoms with van der Waals surface area (Å²) < 4.78 is 0. The summed E-state index contributed by atoms with van der Waals surface area (Å²) in [7, 11) is 3.52. The maximum atomic E-state index is 10.5. The van der Waals surface area contributed by atoms with Crippen LogP contribution < -0.4 is 10.6 Å². The predicted molar refractivity (Wildman–Crippen MR) is 256 cm³/mol. The van der Waals surface area contributed by atoms with E-state index in [9.17, 15) is 20.2 Å². The number of amidine groups is 2. The standard InChI is InChI=1S/C11H15ClN4O2.C10H9ClN4S.C10H11ClN4.C9H10ClN5O2/c1-3-15(11(13-2)8-16(17)18)7-9-4-5-10(12)14-6-9;11-9-2-1-8(5-13-9)6-15-3-4-16-10(15)14-7-12;1-8(14-7-12)15(2)6-9-3-4-10(11)13-5-9;10-8-2-1-7(5-12-8)6-14-4-3-11-9(14)13-15(16)17/h4-6,8,13H,3,7H2,1-2H3;1-2,5H,3-4,6H2;3-5H,6H2,1-2H3;1-2,5H,3-4,6H2,(H,11,13)/b11-8+;14-10-;14-8+;. The molecule has 4 aromatic rings. The maximum absolute atomic E-state index is 10.5. The van der Waals surface area contributed by atoms with Crippen molar-refractivity contribution in [2.45, 2.75) is 40.0 Å². The number of nitrogens with one attached hydrogen (secondary N) is 2. The van der Waals surface area contributed by atoms with Crippen molar-refractivity contribution in [1.82, 2.24) is 50.2 Å². The second-order valence-corrected chi connectivity index (χ2v) is 16.0. The summed E-state index contributed by atoms with van der Waals surface area (Å²) in [6, 6.07) is 14.4. The van der Waals surface area contributed by atoms with Crippen LogP contribution in [0.1, 0.15) is 36.1 Å². The number of aromatic nitrogens is 4. The smallest absolute Gasteiger partial charge is 0.274 e. The molecule has 0 saturated carbocycles. The molecule has 21 nitrogen and oxygen atoms in total. The first-order valence-corrected chi connectivity index (χ1v) is 22.0. The Kier molecular flexibility index (Phi) is 23.7. The number of nitrogens with zero attached hydrogens (tertiary/aromatic N) is 15. The van der Waals surface area contributed by atoms with Crippen molar-refractivity contribution in [2.75, 3.05) is 46.0 Å². The van der Waals surface area contributed by atoms with Crippen molar-refractivity contribution in [3.63, 3.8) is 0 Å². The zero-order chi connectivity index (χ0) is 48.4. The van der Waals surface area contributed by atoms with Crippen molar-refractivity contribution in [3.05, 3.63) is 148 Å². The fraction of sp³-hybridized carbons (Fsp3) is 0.325. The summed E-state index contributed by atoms with van der Waals surface area (Å²) in [5.41, 5.74) is 3.95. The molecule has 0 amide bonds. The summed E-state index contributed by atoms with van der Waals surface area (Å²) in [6.45, 7) is 9.00. The van der Waals surface area contributed by atoms with Gasteiger partial charge in [0.15, 0.2) is 16.0 Å². The average molecular weight is 1000 g/mol. The molecule has 26 heteroatoms. The van der Waals surface area contributed by atoms with E-state index in [0.717, 1.165) is 52.5 Å². The molecule has 2 aliphatic rings. The van der Waals surface area contributed by atoms with Gasteiger partial charge >= 0.3 is 0 Å². The van der Waals surface area contributed by atoms with Crippen LogP contribution in [0.3, 0.4) is 0 Å². The van der Waals surface area contributed by atoms with Crippen LogP contribution in [0.15, 0.2) is 100 Å². The van der Waals surface area contributed by atoms with E-state index in [2.05, 4.69) is 50.6 Å². The summed E-state index contributed by atoms with van der Waals surface area (Å²) in [5, 5.41) is 48.6. The Hall–Kier alpha value is -6.56. The Morgan fingerprint density at radius 1 is 0.848 bits per heavy atom. The Labute approximate surface area is 405 Å². The second kappa shape index (κ2) is 29.1. The number of guanidine groups is 1. The van der Waals surface area contributed by atoms with Gasteiger partial charge in [0.1, 0.15) is 31.5 Å². The van der Waals surface area contributed by atoms with E-state index in [1.807, 2.05) is 54.2 Å². The molecule has 0 bridgehead atoms. The number of hydrazone groups is 1. The highest BCUT2D eigenvalue weighted by Crippen LogP contribution is 2.20. The van der Waals surface area contributed by atoms with Crippen molar-refractivity contribution < 1.29 is 9.96 Å². The first-order valence-electron chi connectivity index (χ1n) is 19.5. The van der Waals surface area contributed by atoms with Gasteiger partial charge in [0.05, 0.1) is 4.92 Å². The molecule has 2 fully saturated rings. The first kappa shape index (κ1) is 53.8. The van der Waals surface area contributed by atoms with Crippen LogP contribution in [0.2, 0.25) is 20.6 Å². The molecule has 2 aliphatic heterocycles. The number of halogens is 4. The molecule has 0 atom stereocenters. The number of hydrogen-bond acceptors (Lipinski definition) is 15. The minimum Gasteiger partial charge on any atom is -0.370 e. The zero-order valence-corrected chi connectivity index (χ0v) is 40.0. The first-order chi connectivity index (χ1) is 31.6. The van der Waals surface area contributed by atoms with E-state index in [-0.39, 0.29) is 5.96 Å². The minimum atomic E-state index is -0.708. The molecule has 0 unspecified atom stereocenters. The van der Waals surface area contributed by atoms with Gasteiger partial charge in [-0.05, 0) is 60.4 Å². The van der Waals surface area contributed by atoms with Gasteiger partial charge in [-0.1, -0.05) is 82.4 Å². The van der Waals surface area contributed by atoms with Gasteiger partial charge in [-0.2, -0.15) is 15.5 Å². The van der Waals surface area contributed by atoms with Crippen LogP contribution in [0, 0.1) is 43.1 Å². The topological polar surface area (TPSA) is 260 Å². The van der Waals surface area contributed by atoms with Crippen LogP contribution in [-0.4, -0.2) is 112 Å². The van der Waals surface area contributed by atoms with Crippen molar-refractivity contribution in [2.24, 2.45) is 15.1 Å². The van der Waals surface area contributed by atoms with Gasteiger partial charge in [0.2, 0.25) is 12.4 Å². The Balaban J connectivity index is 0.000000234. The lowest BCUT2D eigenvalue weighted by Gasteiger charge is -2.23. The quantitative estimate of drug-likeness (QED) is 0.0351. The molecule has 0 radical (unpaired) electrons. The fourth-order valence-corrected chi connectivity index (χ4v) is 6.94. The molecule has 2 N–H and O–H groups in total. The highest BCUT2D eigenvalue weighted by atomic mass is 35.5. The molecule has 6 rings (SSSR count). The van der Waals surface area contributed by atoms with E-state index in [4.69, 9.17) is 56.9 Å². The normalized spacial score (nSPS) is 14.3. The molecular formula is C40H45Cl4N17O4S. The van der Waals surface area contributed by atoms with E-state index >= 15 is 0 Å². The second-order valence-electron chi connectivity index (χ2n) is 13.4. The highest BCUT2D eigenvalue weighted by molar-refractivity contribution is 8.14. The van der Waals surface area contributed by atoms with Crippen LogP contribution in [0.4, 0.5) is 0 Å². The van der Waals surface area contributed by atoms with Crippen molar-refractivity contribution in [1.29, 1.82) is 10.5 Å². The molecule has 2 saturated heterocycles. The van der Waals surface area contributed by atoms with Crippen LogP contribution in [-0.2, 0) is 26.2 Å². The van der Waals surface area contributed by atoms with Crippen LogP contribution in [0.25, 0.3) is 0 Å². The number of nitriles is 2. The van der Waals surface area contributed by atoms with Crippen molar-refractivity contribution >= 4 is 75.1 Å². The van der Waals surface area contributed by atoms with Crippen molar-refractivity contribution in [3.8, 4) is 12.4 Å². The van der Waals surface area contributed by atoms with Crippen LogP contribution >= 0.6 is 58.2 Å². The van der Waals surface area contributed by atoms with E-state index in [1.54, 1.807) is 85.9 Å². The zero-order valence-electron chi connectivity index (χ0n) is 36.1. The molecule has 4 aromatic heterocycles. The van der Waals surface area contributed by atoms with Crippen LogP contribution in [0.5, 0.6) is 0 Å². The largest absolute Gasteiger partial charge is 0.370 e. The predicted octanol–water partition coefficient (Wildman–Crippen LogP) is 6.73. The summed E-state index contributed by atoms with van der Waals surface area (Å²) in [6.07, 6.45) is 11.3. The highest BCUT2D eigenvalue weighted by Gasteiger charge is 2.22. The SMILES string of the molecule is C/C(=N\C#N)N(C)Cc1ccc(Cl)nc1.CCN(Cc1ccc(Cl)nc1)/C(=C/[N+](=O)[O-])NC.N#C/N=C1\SCCN1Cc1ccc(Cl)nc1.O=[N+]([O-])/N=C1\NCCN1Cc1ccc(Cl)nc1. The third-order valence-electron chi connectivity index (χ3n) is 8.81. The number of rotatable bonds is 13. The third kappa shape index (κ3) is 20.1. The molecular weight excluding hydrogens is 956 g/mol. The Morgan fingerprint density at radius 2 is 1.36 bits per heavy atom. The molecule has 6 heterocycles. The number of nitro groups is 2. The van der Waals surface area contributed by atoms with E-state index in [1.165, 1.54) is 0 Å². The summed E-state index contributed by atoms with van der Waals surface area (Å²) in [5.74, 6) is 2.39. The molecule has 348 valence electrons. The van der Waals surface area contributed by atoms with E-state index in [0.29, 0.717) is 71.5 Å². The lowest BCUT2D eigenvalue weighted by atomic mass is 10.2. The fourth-order valence-electron chi connectivity index (χ4n) is 5.56. The monoisotopic (exact) mass is 999 g/mol. The summed E-state index contributed by atoms with van der Waals surface area (Å²) in [4.78, 5) is 51.3. The third-order valence-corrected chi connectivity index (χ3v) is 10.7. The molecule has 66 heavy (non-hydrogen) atoms.